The van der Waals surface area contributed by atoms with Crippen molar-refractivity contribution >= 4 is 31.5 Å². The summed E-state index contributed by atoms with van der Waals surface area (Å²) in [4.78, 5) is 0.350. The van der Waals surface area contributed by atoms with Crippen LogP contribution in [0.25, 0.3) is 0 Å². The Labute approximate surface area is 133 Å². The first-order chi connectivity index (χ1) is 9.95. The summed E-state index contributed by atoms with van der Waals surface area (Å²) >= 11 is 3.60. The van der Waals surface area contributed by atoms with Gasteiger partial charge < -0.3 is 5.32 Å². The molecule has 0 fully saturated rings. The molecule has 5 heteroatoms. The number of sulfone groups is 1. The van der Waals surface area contributed by atoms with Gasteiger partial charge in [0.1, 0.15) is 0 Å². The normalized spacial score (nSPS) is 17.5. The first kappa shape index (κ1) is 14.6. The van der Waals surface area contributed by atoms with Crippen LogP contribution in [-0.4, -0.2) is 14.7 Å². The minimum Gasteiger partial charge on any atom is -0.378 e. The summed E-state index contributed by atoms with van der Waals surface area (Å²) in [6.07, 6.45) is 3.32. The Morgan fingerprint density at radius 3 is 2.52 bits per heavy atom. The highest BCUT2D eigenvalue weighted by molar-refractivity contribution is 9.10. The SMILES string of the molecule is CS(=O)(=O)c1ccc(NC2CCc3c(Br)cccc32)cc1. The average molecular weight is 366 g/mol. The Morgan fingerprint density at radius 2 is 1.86 bits per heavy atom. The second-order valence-electron chi connectivity index (χ2n) is 5.34. The van der Waals surface area contributed by atoms with Crippen LogP contribution < -0.4 is 5.32 Å². The molecule has 1 atom stereocenters. The van der Waals surface area contributed by atoms with E-state index < -0.39 is 9.84 Å². The van der Waals surface area contributed by atoms with Gasteiger partial charge in [0.2, 0.25) is 0 Å². The predicted octanol–water partition coefficient (Wildman–Crippen LogP) is 3.95. The number of hydrogen-bond acceptors (Lipinski definition) is 3. The van der Waals surface area contributed by atoms with Gasteiger partial charge in [-0.05, 0) is 54.3 Å². The topological polar surface area (TPSA) is 46.2 Å². The number of nitrogens with one attached hydrogen (secondary N) is 1. The van der Waals surface area contributed by atoms with Crippen molar-refractivity contribution in [3.63, 3.8) is 0 Å². The highest BCUT2D eigenvalue weighted by Crippen LogP contribution is 2.37. The van der Waals surface area contributed by atoms with Crippen molar-refractivity contribution in [2.75, 3.05) is 11.6 Å². The van der Waals surface area contributed by atoms with Gasteiger partial charge in [-0.3, -0.25) is 0 Å². The number of fused-ring (bicyclic) bond motifs is 1. The quantitative estimate of drug-likeness (QED) is 0.895. The van der Waals surface area contributed by atoms with Crippen LogP contribution in [0, 0.1) is 0 Å². The van der Waals surface area contributed by atoms with E-state index in [0.717, 1.165) is 23.0 Å². The summed E-state index contributed by atoms with van der Waals surface area (Å²) in [6, 6.07) is 13.5. The van der Waals surface area contributed by atoms with Crippen molar-refractivity contribution in [1.29, 1.82) is 0 Å². The lowest BCUT2D eigenvalue weighted by molar-refractivity contribution is 0.602. The molecule has 21 heavy (non-hydrogen) atoms. The van der Waals surface area contributed by atoms with Gasteiger partial charge in [-0.1, -0.05) is 28.1 Å². The third kappa shape index (κ3) is 2.99. The maximum absolute atomic E-state index is 11.5. The monoisotopic (exact) mass is 365 g/mol. The highest BCUT2D eigenvalue weighted by atomic mass is 79.9. The lowest BCUT2D eigenvalue weighted by Gasteiger charge is -2.16. The fourth-order valence-corrected chi connectivity index (χ4v) is 3.97. The Bertz CT molecular complexity index is 769. The zero-order valence-corrected chi connectivity index (χ0v) is 14.0. The molecule has 2 aromatic rings. The van der Waals surface area contributed by atoms with E-state index in [1.165, 1.54) is 17.4 Å². The second-order valence-corrected chi connectivity index (χ2v) is 8.21. The van der Waals surface area contributed by atoms with Gasteiger partial charge in [0.25, 0.3) is 0 Å². The van der Waals surface area contributed by atoms with E-state index in [9.17, 15) is 8.42 Å². The Balaban J connectivity index is 1.82. The van der Waals surface area contributed by atoms with Crippen molar-refractivity contribution in [2.45, 2.75) is 23.8 Å². The van der Waals surface area contributed by atoms with Gasteiger partial charge in [-0.25, -0.2) is 8.42 Å². The molecule has 1 unspecified atom stereocenters. The molecule has 0 radical (unpaired) electrons. The smallest absolute Gasteiger partial charge is 0.175 e. The molecule has 0 aliphatic heterocycles. The predicted molar refractivity (Wildman–Crippen MR) is 88.4 cm³/mol. The van der Waals surface area contributed by atoms with Gasteiger partial charge in [0.15, 0.2) is 9.84 Å². The average Bonchev–Trinajstić information content (AvgIpc) is 2.83. The van der Waals surface area contributed by atoms with Gasteiger partial charge in [-0.15, -0.1) is 0 Å². The Hall–Kier alpha value is -1.33. The molecule has 0 saturated carbocycles. The highest BCUT2D eigenvalue weighted by Gasteiger charge is 2.23. The van der Waals surface area contributed by atoms with Crippen molar-refractivity contribution in [2.24, 2.45) is 0 Å². The lowest BCUT2D eigenvalue weighted by atomic mass is 10.1. The number of rotatable bonds is 3. The fourth-order valence-electron chi connectivity index (χ4n) is 2.76. The molecule has 0 aromatic heterocycles. The summed E-state index contributed by atoms with van der Waals surface area (Å²) in [5, 5.41) is 3.49. The zero-order chi connectivity index (χ0) is 15.0. The van der Waals surface area contributed by atoms with E-state index in [1.807, 2.05) is 12.1 Å². The maximum atomic E-state index is 11.5. The standard InChI is InChI=1S/C16H16BrNO2S/c1-21(19,20)12-7-5-11(6-8-12)18-16-10-9-13-14(16)3-2-4-15(13)17/h2-8,16,18H,9-10H2,1H3. The van der Waals surface area contributed by atoms with Crippen LogP contribution in [0.15, 0.2) is 51.8 Å². The van der Waals surface area contributed by atoms with Gasteiger partial charge in [0.05, 0.1) is 10.9 Å². The number of hydrogen-bond donors (Lipinski definition) is 1. The van der Waals surface area contributed by atoms with Crippen LogP contribution in [0.2, 0.25) is 0 Å². The van der Waals surface area contributed by atoms with Crippen molar-refractivity contribution < 1.29 is 8.42 Å². The molecule has 2 aromatic carbocycles. The lowest BCUT2D eigenvalue weighted by Crippen LogP contribution is -2.07. The van der Waals surface area contributed by atoms with Crippen molar-refractivity contribution in [3.05, 3.63) is 58.1 Å². The molecule has 0 heterocycles. The van der Waals surface area contributed by atoms with Crippen LogP contribution in [0.4, 0.5) is 5.69 Å². The number of anilines is 1. The van der Waals surface area contributed by atoms with Gasteiger partial charge in [0, 0.05) is 16.4 Å². The number of halogens is 1. The maximum Gasteiger partial charge on any atom is 0.175 e. The zero-order valence-electron chi connectivity index (χ0n) is 11.6. The Morgan fingerprint density at radius 1 is 1.14 bits per heavy atom. The minimum absolute atomic E-state index is 0.279. The summed E-state index contributed by atoms with van der Waals surface area (Å²) in [6.45, 7) is 0. The molecule has 3 rings (SSSR count). The van der Waals surface area contributed by atoms with Crippen LogP contribution in [0.3, 0.4) is 0 Å². The summed E-state index contributed by atoms with van der Waals surface area (Å²) in [7, 11) is -3.14. The molecule has 0 bridgehead atoms. The van der Waals surface area contributed by atoms with E-state index in [1.54, 1.807) is 12.1 Å². The third-order valence-electron chi connectivity index (χ3n) is 3.84. The summed E-state index contributed by atoms with van der Waals surface area (Å²) < 4.78 is 24.1. The minimum atomic E-state index is -3.14. The molecule has 110 valence electrons. The molecular formula is C16H16BrNO2S. The largest absolute Gasteiger partial charge is 0.378 e. The van der Waals surface area contributed by atoms with E-state index in [2.05, 4.69) is 39.4 Å². The first-order valence-corrected chi connectivity index (χ1v) is 9.47. The van der Waals surface area contributed by atoms with E-state index in [-0.39, 0.29) is 6.04 Å². The van der Waals surface area contributed by atoms with Crippen molar-refractivity contribution in [1.82, 2.24) is 0 Å². The van der Waals surface area contributed by atoms with Gasteiger partial charge >= 0.3 is 0 Å². The summed E-state index contributed by atoms with van der Waals surface area (Å²) in [5.41, 5.74) is 3.62. The van der Waals surface area contributed by atoms with E-state index >= 15 is 0 Å². The molecule has 1 aliphatic carbocycles. The fraction of sp³-hybridized carbons (Fsp3) is 0.250. The molecule has 1 aliphatic rings. The first-order valence-electron chi connectivity index (χ1n) is 6.79. The third-order valence-corrected chi connectivity index (χ3v) is 5.71. The molecule has 0 saturated heterocycles. The molecular weight excluding hydrogens is 350 g/mol. The second kappa shape index (κ2) is 5.46. The van der Waals surface area contributed by atoms with Crippen LogP contribution in [-0.2, 0) is 16.3 Å². The molecule has 1 N–H and O–H groups in total. The Kier molecular flexibility index (Phi) is 3.80. The van der Waals surface area contributed by atoms with Crippen LogP contribution in [0.5, 0.6) is 0 Å². The summed E-state index contributed by atoms with van der Waals surface area (Å²) in [5.74, 6) is 0. The molecule has 3 nitrogen and oxygen atoms in total. The van der Waals surface area contributed by atoms with E-state index in [0.29, 0.717) is 4.90 Å². The van der Waals surface area contributed by atoms with Gasteiger partial charge in [-0.2, -0.15) is 0 Å². The van der Waals surface area contributed by atoms with Crippen LogP contribution >= 0.6 is 15.9 Å². The van der Waals surface area contributed by atoms with E-state index in [4.69, 9.17) is 0 Å². The molecule has 0 spiro atoms. The van der Waals surface area contributed by atoms with Crippen molar-refractivity contribution in [3.8, 4) is 0 Å². The molecule has 0 amide bonds. The van der Waals surface area contributed by atoms with Crippen LogP contribution in [0.1, 0.15) is 23.6 Å². The number of benzene rings is 2.